The molecule has 2 N–H and O–H groups in total. The maximum absolute atomic E-state index is 10.4. The van der Waals surface area contributed by atoms with Crippen LogP contribution in [0.3, 0.4) is 0 Å². The number of hydrogen-bond acceptors (Lipinski definition) is 3. The van der Waals surface area contributed by atoms with Gasteiger partial charge in [-0.05, 0) is 49.7 Å². The van der Waals surface area contributed by atoms with Crippen LogP contribution >= 0.6 is 11.3 Å². The quantitative estimate of drug-likeness (QED) is 0.880. The Hall–Kier alpha value is -0.380. The van der Waals surface area contributed by atoms with Crippen LogP contribution in [-0.4, -0.2) is 16.7 Å². The van der Waals surface area contributed by atoms with Crippen LogP contribution < -0.4 is 5.32 Å². The van der Waals surface area contributed by atoms with E-state index in [4.69, 9.17) is 0 Å². The van der Waals surface area contributed by atoms with E-state index < -0.39 is 0 Å². The van der Waals surface area contributed by atoms with Crippen molar-refractivity contribution in [1.82, 2.24) is 5.32 Å². The summed E-state index contributed by atoms with van der Waals surface area (Å²) in [6.45, 7) is 7.69. The van der Waals surface area contributed by atoms with Gasteiger partial charge >= 0.3 is 0 Å². The predicted octanol–water partition coefficient (Wildman–Crippen LogP) is 3.09. The van der Waals surface area contributed by atoms with Crippen molar-refractivity contribution in [3.63, 3.8) is 0 Å². The zero-order chi connectivity index (χ0) is 13.0. The molecule has 2 unspecified atom stereocenters. The summed E-state index contributed by atoms with van der Waals surface area (Å²) in [6.07, 6.45) is 3.19. The SMILES string of the molecule is Cc1ccc(CNC23CCC(C[C@H]2O)C3(C)C)s1. The average Bonchev–Trinajstić information content (AvgIpc) is 2.87. The van der Waals surface area contributed by atoms with Gasteiger partial charge in [-0.25, -0.2) is 0 Å². The van der Waals surface area contributed by atoms with Crippen LogP contribution in [-0.2, 0) is 6.54 Å². The zero-order valence-electron chi connectivity index (χ0n) is 11.5. The zero-order valence-corrected chi connectivity index (χ0v) is 12.3. The van der Waals surface area contributed by atoms with Crippen LogP contribution in [0.5, 0.6) is 0 Å². The second-order valence-corrected chi connectivity index (χ2v) is 7.92. The molecule has 0 aromatic carbocycles. The minimum Gasteiger partial charge on any atom is -0.391 e. The van der Waals surface area contributed by atoms with Crippen molar-refractivity contribution in [2.24, 2.45) is 11.3 Å². The predicted molar refractivity (Wildman–Crippen MR) is 75.8 cm³/mol. The van der Waals surface area contributed by atoms with Gasteiger partial charge in [-0.15, -0.1) is 11.3 Å². The van der Waals surface area contributed by atoms with Gasteiger partial charge in [0.05, 0.1) is 6.10 Å². The largest absolute Gasteiger partial charge is 0.391 e. The third-order valence-electron chi connectivity index (χ3n) is 5.51. The van der Waals surface area contributed by atoms with E-state index >= 15 is 0 Å². The third kappa shape index (κ3) is 1.60. The van der Waals surface area contributed by atoms with Gasteiger partial charge in [-0.3, -0.25) is 0 Å². The molecule has 2 aliphatic rings. The molecule has 2 bridgehead atoms. The van der Waals surface area contributed by atoms with Crippen molar-refractivity contribution in [3.05, 3.63) is 21.9 Å². The molecule has 2 nitrogen and oxygen atoms in total. The lowest BCUT2D eigenvalue weighted by molar-refractivity contribution is 0.0368. The summed E-state index contributed by atoms with van der Waals surface area (Å²) < 4.78 is 0. The summed E-state index contributed by atoms with van der Waals surface area (Å²) >= 11 is 1.85. The van der Waals surface area contributed by atoms with E-state index in [1.54, 1.807) is 0 Å². The number of hydrogen-bond donors (Lipinski definition) is 2. The summed E-state index contributed by atoms with van der Waals surface area (Å²) in [5.74, 6) is 0.685. The smallest absolute Gasteiger partial charge is 0.0730 e. The molecular formula is C15H23NOS. The summed E-state index contributed by atoms with van der Waals surface area (Å²) in [5, 5.41) is 14.1. The lowest BCUT2D eigenvalue weighted by Crippen LogP contribution is -2.57. The standard InChI is InChI=1S/C15H23NOS/c1-10-4-5-12(18-10)9-16-15-7-6-11(8-13(15)17)14(15,2)3/h4-5,11,13,16-17H,6-9H2,1-3H3/t11?,13-,15?/m1/s1. The monoisotopic (exact) mass is 265 g/mol. The minimum atomic E-state index is -0.174. The average molecular weight is 265 g/mol. The van der Waals surface area contributed by atoms with Crippen LogP contribution in [0.1, 0.15) is 42.9 Å². The molecule has 0 amide bonds. The molecule has 2 aliphatic carbocycles. The Morgan fingerprint density at radius 3 is 2.72 bits per heavy atom. The Morgan fingerprint density at radius 2 is 2.22 bits per heavy atom. The molecule has 0 aliphatic heterocycles. The molecule has 0 spiro atoms. The van der Waals surface area contributed by atoms with Crippen LogP contribution in [0.15, 0.2) is 12.1 Å². The van der Waals surface area contributed by atoms with Crippen molar-refractivity contribution in [1.29, 1.82) is 0 Å². The van der Waals surface area contributed by atoms with Crippen molar-refractivity contribution in [2.75, 3.05) is 0 Å². The molecule has 2 saturated carbocycles. The van der Waals surface area contributed by atoms with Gasteiger partial charge in [0.25, 0.3) is 0 Å². The molecule has 18 heavy (non-hydrogen) atoms. The van der Waals surface area contributed by atoms with E-state index in [0.717, 1.165) is 19.4 Å². The highest BCUT2D eigenvalue weighted by Gasteiger charge is 2.63. The first-order chi connectivity index (χ1) is 8.46. The van der Waals surface area contributed by atoms with Crippen molar-refractivity contribution < 1.29 is 5.11 Å². The second-order valence-electron chi connectivity index (χ2n) is 6.55. The topological polar surface area (TPSA) is 32.3 Å². The van der Waals surface area contributed by atoms with Crippen molar-refractivity contribution >= 4 is 11.3 Å². The Balaban J connectivity index is 1.78. The van der Waals surface area contributed by atoms with Gasteiger partial charge in [0.1, 0.15) is 0 Å². The van der Waals surface area contributed by atoms with Crippen LogP contribution in [0.4, 0.5) is 0 Å². The normalized spacial score (nSPS) is 37.3. The van der Waals surface area contributed by atoms with E-state index in [2.05, 4.69) is 38.2 Å². The fraction of sp³-hybridized carbons (Fsp3) is 0.733. The number of rotatable bonds is 3. The molecule has 100 valence electrons. The van der Waals surface area contributed by atoms with Crippen LogP contribution in [0, 0.1) is 18.3 Å². The molecule has 1 aromatic heterocycles. The maximum atomic E-state index is 10.4. The number of nitrogens with one attached hydrogen (secondary N) is 1. The molecule has 0 radical (unpaired) electrons. The van der Waals surface area contributed by atoms with Gasteiger partial charge in [-0.1, -0.05) is 13.8 Å². The first-order valence-corrected chi connectivity index (χ1v) is 7.76. The summed E-state index contributed by atoms with van der Waals surface area (Å²) in [7, 11) is 0. The Labute approximate surface area is 113 Å². The minimum absolute atomic E-state index is 0.0600. The van der Waals surface area contributed by atoms with Crippen LogP contribution in [0.25, 0.3) is 0 Å². The number of aliphatic hydroxyl groups is 1. The van der Waals surface area contributed by atoms with E-state index in [-0.39, 0.29) is 17.1 Å². The van der Waals surface area contributed by atoms with Gasteiger partial charge < -0.3 is 10.4 Å². The van der Waals surface area contributed by atoms with E-state index in [1.807, 2.05) is 11.3 Å². The summed E-state index contributed by atoms with van der Waals surface area (Å²) in [4.78, 5) is 2.74. The Morgan fingerprint density at radius 1 is 1.44 bits per heavy atom. The number of fused-ring (bicyclic) bond motifs is 2. The number of aliphatic hydroxyl groups excluding tert-OH is 1. The Bertz CT molecular complexity index is 453. The van der Waals surface area contributed by atoms with Crippen molar-refractivity contribution in [3.8, 4) is 0 Å². The molecule has 2 fully saturated rings. The lowest BCUT2D eigenvalue weighted by Gasteiger charge is -2.41. The highest BCUT2D eigenvalue weighted by Crippen LogP contribution is 2.60. The third-order valence-corrected chi connectivity index (χ3v) is 6.51. The van der Waals surface area contributed by atoms with E-state index in [1.165, 1.54) is 16.2 Å². The number of thiophene rings is 1. The van der Waals surface area contributed by atoms with Gasteiger partial charge in [0.2, 0.25) is 0 Å². The second kappa shape index (κ2) is 4.06. The molecule has 3 atom stereocenters. The van der Waals surface area contributed by atoms with Gasteiger partial charge in [0.15, 0.2) is 0 Å². The van der Waals surface area contributed by atoms with E-state index in [9.17, 15) is 5.11 Å². The first kappa shape index (κ1) is 12.6. The molecule has 3 heteroatoms. The van der Waals surface area contributed by atoms with Gasteiger partial charge in [-0.2, -0.15) is 0 Å². The fourth-order valence-electron chi connectivity index (χ4n) is 4.19. The van der Waals surface area contributed by atoms with Gasteiger partial charge in [0, 0.05) is 21.8 Å². The fourth-order valence-corrected chi connectivity index (χ4v) is 5.02. The summed E-state index contributed by atoms with van der Waals surface area (Å²) in [6, 6.07) is 4.37. The summed E-state index contributed by atoms with van der Waals surface area (Å²) in [5.41, 5.74) is 0.161. The molecule has 3 rings (SSSR count). The molecule has 1 aromatic rings. The molecule has 0 saturated heterocycles. The van der Waals surface area contributed by atoms with E-state index in [0.29, 0.717) is 5.92 Å². The van der Waals surface area contributed by atoms with Crippen molar-refractivity contribution in [2.45, 2.75) is 58.2 Å². The lowest BCUT2D eigenvalue weighted by atomic mass is 9.75. The highest BCUT2D eigenvalue weighted by molar-refractivity contribution is 7.11. The maximum Gasteiger partial charge on any atom is 0.0730 e. The first-order valence-electron chi connectivity index (χ1n) is 6.94. The molecule has 1 heterocycles. The molecular weight excluding hydrogens is 242 g/mol. The Kier molecular flexibility index (Phi) is 2.85. The van der Waals surface area contributed by atoms with Crippen LogP contribution in [0.2, 0.25) is 0 Å². The highest BCUT2D eigenvalue weighted by atomic mass is 32.1. The number of aryl methyl sites for hydroxylation is 1.